The molecule has 7 heteroatoms. The molecule has 1 aromatic carbocycles. The molecule has 1 saturated carbocycles. The van der Waals surface area contributed by atoms with Crippen LogP contribution in [-0.2, 0) is 11.5 Å². The summed E-state index contributed by atoms with van der Waals surface area (Å²) >= 11 is 6.03. The molecule has 1 N–H and O–H groups in total. The average molecular weight is 350 g/mol. The molecule has 2 aromatic rings. The number of likely N-dealkylation sites (tertiary alicyclic amines) is 1. The van der Waals surface area contributed by atoms with E-state index in [1.807, 2.05) is 0 Å². The summed E-state index contributed by atoms with van der Waals surface area (Å²) < 4.78 is 6.88. The topological polar surface area (TPSA) is 67.5 Å². The molecule has 1 amide bonds. The van der Waals surface area contributed by atoms with E-state index >= 15 is 0 Å². The van der Waals surface area contributed by atoms with E-state index in [0.29, 0.717) is 17.3 Å². The van der Waals surface area contributed by atoms with Crippen molar-refractivity contribution in [2.24, 2.45) is 5.92 Å². The number of hydrogen-bond acceptors (Lipinski definition) is 4. The Balaban J connectivity index is 1.40. The van der Waals surface area contributed by atoms with Crippen LogP contribution in [0, 0.1) is 5.92 Å². The Kier molecular flexibility index (Phi) is 4.10. The van der Waals surface area contributed by atoms with Gasteiger partial charge in [-0.25, -0.2) is 4.79 Å². The number of piperidine rings is 1. The van der Waals surface area contributed by atoms with Crippen LogP contribution >= 0.6 is 11.6 Å². The zero-order valence-corrected chi connectivity index (χ0v) is 14.1. The highest BCUT2D eigenvalue weighted by Gasteiger charge is 2.31. The number of halogens is 1. The highest BCUT2D eigenvalue weighted by Crippen LogP contribution is 2.29. The number of benzene rings is 1. The molecule has 1 aromatic heterocycles. The molecule has 2 aliphatic rings. The van der Waals surface area contributed by atoms with Crippen LogP contribution in [0.4, 0.5) is 0 Å². The third-order valence-electron chi connectivity index (χ3n) is 4.85. The van der Waals surface area contributed by atoms with Crippen molar-refractivity contribution < 1.29 is 9.21 Å². The summed E-state index contributed by atoms with van der Waals surface area (Å²) in [5.74, 6) is 0.0974. The molecule has 2 heterocycles. The van der Waals surface area contributed by atoms with Gasteiger partial charge >= 0.3 is 5.76 Å². The Morgan fingerprint density at radius 3 is 2.71 bits per heavy atom. The molecule has 1 aliphatic carbocycles. The third-order valence-corrected chi connectivity index (χ3v) is 5.09. The van der Waals surface area contributed by atoms with Crippen LogP contribution in [0.25, 0.3) is 11.1 Å². The number of nitrogens with one attached hydrogen (secondary N) is 1. The van der Waals surface area contributed by atoms with Gasteiger partial charge in [0.05, 0.1) is 12.2 Å². The minimum atomic E-state index is -0.364. The second kappa shape index (κ2) is 6.26. The van der Waals surface area contributed by atoms with Gasteiger partial charge in [0.1, 0.15) is 0 Å². The van der Waals surface area contributed by atoms with Gasteiger partial charge in [-0.05, 0) is 43.9 Å². The number of carbonyl (C=O) groups is 1. The van der Waals surface area contributed by atoms with Crippen LogP contribution in [-0.4, -0.2) is 34.5 Å². The average Bonchev–Trinajstić information content (AvgIpc) is 3.37. The van der Waals surface area contributed by atoms with E-state index in [1.165, 1.54) is 0 Å². The first-order valence-electron chi connectivity index (χ1n) is 8.42. The highest BCUT2D eigenvalue weighted by atomic mass is 35.5. The van der Waals surface area contributed by atoms with Crippen molar-refractivity contribution in [3.05, 3.63) is 33.8 Å². The normalized spacial score (nSPS) is 19.7. The zero-order chi connectivity index (χ0) is 16.7. The lowest BCUT2D eigenvalue weighted by molar-refractivity contribution is -0.123. The minimum Gasteiger partial charge on any atom is -0.408 e. The molecule has 1 aliphatic heterocycles. The molecule has 0 spiro atoms. The maximum Gasteiger partial charge on any atom is 0.421 e. The molecule has 0 atom stereocenters. The summed E-state index contributed by atoms with van der Waals surface area (Å²) in [5.41, 5.74) is 1.27. The maximum absolute atomic E-state index is 12.1. The fourth-order valence-electron chi connectivity index (χ4n) is 3.25. The van der Waals surface area contributed by atoms with Gasteiger partial charge in [0, 0.05) is 30.1 Å². The maximum atomic E-state index is 12.1. The van der Waals surface area contributed by atoms with E-state index in [0.717, 1.165) is 44.3 Å². The van der Waals surface area contributed by atoms with Gasteiger partial charge < -0.3 is 9.73 Å². The molecule has 4 rings (SSSR count). The molecular formula is C17H20ClN3O3. The Labute approximate surface area is 144 Å². The molecule has 6 nitrogen and oxygen atoms in total. The number of carbonyl (C=O) groups excluding carboxylic acids is 1. The van der Waals surface area contributed by atoms with Crippen LogP contribution in [0.15, 0.2) is 27.4 Å². The zero-order valence-electron chi connectivity index (χ0n) is 13.3. The van der Waals surface area contributed by atoms with Crippen molar-refractivity contribution >= 4 is 28.6 Å². The largest absolute Gasteiger partial charge is 0.421 e. The van der Waals surface area contributed by atoms with Crippen molar-refractivity contribution in [3.8, 4) is 0 Å². The van der Waals surface area contributed by atoms with Gasteiger partial charge in [-0.3, -0.25) is 14.3 Å². The van der Waals surface area contributed by atoms with E-state index in [4.69, 9.17) is 16.0 Å². The highest BCUT2D eigenvalue weighted by molar-refractivity contribution is 6.31. The summed E-state index contributed by atoms with van der Waals surface area (Å²) in [7, 11) is 0. The number of aromatic nitrogens is 1. The van der Waals surface area contributed by atoms with E-state index in [9.17, 15) is 9.59 Å². The van der Waals surface area contributed by atoms with E-state index < -0.39 is 0 Å². The van der Waals surface area contributed by atoms with Gasteiger partial charge in [0.2, 0.25) is 5.91 Å². The van der Waals surface area contributed by atoms with Crippen molar-refractivity contribution in [2.75, 3.05) is 13.1 Å². The van der Waals surface area contributed by atoms with Crippen LogP contribution < -0.4 is 11.1 Å². The monoisotopic (exact) mass is 349 g/mol. The smallest absolute Gasteiger partial charge is 0.408 e. The van der Waals surface area contributed by atoms with Crippen LogP contribution in [0.3, 0.4) is 0 Å². The Bertz CT molecular complexity index is 816. The summed E-state index contributed by atoms with van der Waals surface area (Å²) in [5, 5.41) is 3.72. The van der Waals surface area contributed by atoms with Gasteiger partial charge in [0.15, 0.2) is 5.58 Å². The standard InChI is InChI=1S/C17H20ClN3O3/c18-12-3-4-15-14(9-12)21(17(23)24-15)10-20-7-5-13(6-8-20)19-16(22)11-1-2-11/h3-4,9,11,13H,1-2,5-8,10H2,(H,19,22). The first-order chi connectivity index (χ1) is 11.6. The minimum absolute atomic E-state index is 0.208. The molecule has 1 saturated heterocycles. The number of nitrogens with zero attached hydrogens (tertiary/aromatic N) is 2. The first-order valence-corrected chi connectivity index (χ1v) is 8.79. The molecular weight excluding hydrogens is 330 g/mol. The van der Waals surface area contributed by atoms with E-state index in [2.05, 4.69) is 10.2 Å². The van der Waals surface area contributed by atoms with Gasteiger partial charge in [-0.1, -0.05) is 11.6 Å². The molecule has 24 heavy (non-hydrogen) atoms. The number of hydrogen-bond donors (Lipinski definition) is 1. The second-order valence-electron chi connectivity index (χ2n) is 6.72. The van der Waals surface area contributed by atoms with Gasteiger partial charge in [-0.2, -0.15) is 0 Å². The van der Waals surface area contributed by atoms with Crippen molar-refractivity contribution in [2.45, 2.75) is 38.4 Å². The molecule has 0 unspecified atom stereocenters. The number of oxazole rings is 1. The Morgan fingerprint density at radius 1 is 1.25 bits per heavy atom. The predicted octanol–water partition coefficient (Wildman–Crippen LogP) is 2.20. The Hall–Kier alpha value is -1.79. The molecule has 0 radical (unpaired) electrons. The van der Waals surface area contributed by atoms with Gasteiger partial charge in [-0.15, -0.1) is 0 Å². The fourth-order valence-corrected chi connectivity index (χ4v) is 3.42. The summed E-state index contributed by atoms with van der Waals surface area (Å²) in [4.78, 5) is 26.1. The SMILES string of the molecule is O=C(NC1CCN(Cn2c(=O)oc3ccc(Cl)cc32)CC1)C1CC1. The van der Waals surface area contributed by atoms with E-state index in [-0.39, 0.29) is 23.6 Å². The molecule has 128 valence electrons. The quantitative estimate of drug-likeness (QED) is 0.918. The lowest BCUT2D eigenvalue weighted by Crippen LogP contribution is -2.46. The van der Waals surface area contributed by atoms with Crippen molar-refractivity contribution in [1.29, 1.82) is 0 Å². The predicted molar refractivity (Wildman–Crippen MR) is 90.9 cm³/mol. The third kappa shape index (κ3) is 3.21. The lowest BCUT2D eigenvalue weighted by atomic mass is 10.1. The van der Waals surface area contributed by atoms with Crippen LogP contribution in [0.1, 0.15) is 25.7 Å². The lowest BCUT2D eigenvalue weighted by Gasteiger charge is -2.32. The Morgan fingerprint density at radius 2 is 2.00 bits per heavy atom. The van der Waals surface area contributed by atoms with E-state index in [1.54, 1.807) is 22.8 Å². The van der Waals surface area contributed by atoms with Crippen molar-refractivity contribution in [3.63, 3.8) is 0 Å². The number of rotatable bonds is 4. The summed E-state index contributed by atoms with van der Waals surface area (Å²) in [6.07, 6.45) is 3.88. The van der Waals surface area contributed by atoms with Crippen molar-refractivity contribution in [1.82, 2.24) is 14.8 Å². The summed E-state index contributed by atoms with van der Waals surface area (Å²) in [6, 6.07) is 5.44. The number of amides is 1. The molecule has 2 fully saturated rings. The molecule has 0 bridgehead atoms. The van der Waals surface area contributed by atoms with Crippen LogP contribution in [0.5, 0.6) is 0 Å². The summed E-state index contributed by atoms with van der Waals surface area (Å²) in [6.45, 7) is 2.17. The van der Waals surface area contributed by atoms with Crippen LogP contribution in [0.2, 0.25) is 5.02 Å². The van der Waals surface area contributed by atoms with Gasteiger partial charge in [0.25, 0.3) is 0 Å². The second-order valence-corrected chi connectivity index (χ2v) is 7.16. The number of fused-ring (bicyclic) bond motifs is 1. The first kappa shape index (κ1) is 15.7. The fraction of sp³-hybridized carbons (Fsp3) is 0.529.